The van der Waals surface area contributed by atoms with Crippen molar-refractivity contribution in [2.75, 3.05) is 0 Å². The molecule has 0 aromatic heterocycles. The number of benzene rings is 1. The molecule has 0 spiro atoms. The van der Waals surface area contributed by atoms with Gasteiger partial charge in [-0.15, -0.1) is 0 Å². The smallest absolute Gasteiger partial charge is 0.449 e. The second kappa shape index (κ2) is 4.66. The zero-order valence-electron chi connectivity index (χ0n) is 7.08. The van der Waals surface area contributed by atoms with E-state index in [4.69, 9.17) is 5.11 Å². The predicted octanol–water partition coefficient (Wildman–Crippen LogP) is 1.88. The topological polar surface area (TPSA) is 63.6 Å². The summed E-state index contributed by atoms with van der Waals surface area (Å²) in [4.78, 5) is 21.1. The molecule has 1 atom stereocenters. The first kappa shape index (κ1) is 10.6. The summed E-state index contributed by atoms with van der Waals surface area (Å²) in [5.74, 6) is -0.896. The molecule has 74 valence electrons. The predicted molar refractivity (Wildman–Crippen MR) is 52.3 cm³/mol. The molecule has 0 fully saturated rings. The molecule has 0 aliphatic rings. The maximum Gasteiger partial charge on any atom is 0.513 e. The van der Waals surface area contributed by atoms with Gasteiger partial charge in [-0.2, -0.15) is 12.6 Å². The van der Waals surface area contributed by atoms with Gasteiger partial charge in [0.25, 0.3) is 0 Å². The van der Waals surface area contributed by atoms with Crippen LogP contribution in [0.3, 0.4) is 0 Å². The standard InChI is InChI=1S/C9H8O4S/c10-8(13-9(11)12)7(14)6-4-2-1-3-5-6/h1-5,7,14H,(H,11,12). The van der Waals surface area contributed by atoms with Crippen molar-refractivity contribution in [2.45, 2.75) is 5.25 Å². The first-order valence-electron chi connectivity index (χ1n) is 3.79. The van der Waals surface area contributed by atoms with Gasteiger partial charge in [0.1, 0.15) is 5.25 Å². The molecule has 1 unspecified atom stereocenters. The number of hydrogen-bond donors (Lipinski definition) is 2. The molecule has 1 N–H and O–H groups in total. The van der Waals surface area contributed by atoms with Crippen LogP contribution in [0.2, 0.25) is 0 Å². The van der Waals surface area contributed by atoms with Crippen molar-refractivity contribution in [1.29, 1.82) is 0 Å². The summed E-state index contributed by atoms with van der Waals surface area (Å²) in [6.07, 6.45) is -1.62. The Morgan fingerprint density at radius 2 is 1.86 bits per heavy atom. The van der Waals surface area contributed by atoms with Gasteiger partial charge in [-0.25, -0.2) is 9.59 Å². The van der Waals surface area contributed by atoms with Gasteiger partial charge in [-0.1, -0.05) is 30.3 Å². The highest BCUT2D eigenvalue weighted by Crippen LogP contribution is 2.20. The van der Waals surface area contributed by atoms with Crippen LogP contribution in [0.5, 0.6) is 0 Å². The van der Waals surface area contributed by atoms with Crippen LogP contribution in [0.15, 0.2) is 30.3 Å². The number of esters is 1. The van der Waals surface area contributed by atoms with E-state index < -0.39 is 17.4 Å². The molecule has 0 saturated heterocycles. The first-order chi connectivity index (χ1) is 6.61. The van der Waals surface area contributed by atoms with E-state index in [-0.39, 0.29) is 0 Å². The average molecular weight is 212 g/mol. The lowest BCUT2D eigenvalue weighted by molar-refractivity contribution is -0.138. The summed E-state index contributed by atoms with van der Waals surface area (Å²) in [5.41, 5.74) is 0.599. The van der Waals surface area contributed by atoms with Gasteiger partial charge in [0.05, 0.1) is 0 Å². The van der Waals surface area contributed by atoms with Crippen molar-refractivity contribution in [1.82, 2.24) is 0 Å². The fraction of sp³-hybridized carbons (Fsp3) is 0.111. The van der Waals surface area contributed by atoms with E-state index in [1.165, 1.54) is 0 Å². The minimum Gasteiger partial charge on any atom is -0.449 e. The molecule has 0 aliphatic carbocycles. The van der Waals surface area contributed by atoms with Crippen molar-refractivity contribution < 1.29 is 19.4 Å². The molecule has 0 saturated carbocycles. The summed E-state index contributed by atoms with van der Waals surface area (Å²) >= 11 is 3.95. The zero-order chi connectivity index (χ0) is 10.6. The van der Waals surface area contributed by atoms with Gasteiger partial charge in [0, 0.05) is 0 Å². The minimum absolute atomic E-state index is 0.599. The van der Waals surface area contributed by atoms with Crippen LogP contribution >= 0.6 is 12.6 Å². The van der Waals surface area contributed by atoms with Crippen molar-refractivity contribution in [2.24, 2.45) is 0 Å². The second-order valence-electron chi connectivity index (χ2n) is 2.50. The van der Waals surface area contributed by atoms with E-state index in [1.807, 2.05) is 0 Å². The molecule has 0 radical (unpaired) electrons. The fourth-order valence-electron chi connectivity index (χ4n) is 0.913. The van der Waals surface area contributed by atoms with Gasteiger partial charge in [0.15, 0.2) is 0 Å². The Labute approximate surface area is 85.9 Å². The summed E-state index contributed by atoms with van der Waals surface area (Å²) in [5, 5.41) is 7.33. The van der Waals surface area contributed by atoms with E-state index in [0.717, 1.165) is 0 Å². The lowest BCUT2D eigenvalue weighted by Gasteiger charge is -2.07. The third-order valence-electron chi connectivity index (χ3n) is 1.53. The molecular formula is C9H8O4S. The minimum atomic E-state index is -1.62. The Morgan fingerprint density at radius 3 is 2.36 bits per heavy atom. The SMILES string of the molecule is O=C(O)OC(=O)C(S)c1ccccc1. The van der Waals surface area contributed by atoms with E-state index in [9.17, 15) is 9.59 Å². The molecule has 0 amide bonds. The molecule has 0 aliphatic heterocycles. The zero-order valence-corrected chi connectivity index (χ0v) is 7.98. The van der Waals surface area contributed by atoms with Gasteiger partial charge in [0.2, 0.25) is 0 Å². The summed E-state index contributed by atoms with van der Waals surface area (Å²) in [6.45, 7) is 0. The summed E-state index contributed by atoms with van der Waals surface area (Å²) in [7, 11) is 0. The largest absolute Gasteiger partial charge is 0.513 e. The number of hydrogen-bond acceptors (Lipinski definition) is 4. The molecule has 1 aromatic carbocycles. The summed E-state index contributed by atoms with van der Waals surface area (Å²) < 4.78 is 3.97. The van der Waals surface area contributed by atoms with E-state index >= 15 is 0 Å². The average Bonchev–Trinajstić information content (AvgIpc) is 2.17. The van der Waals surface area contributed by atoms with Crippen LogP contribution in [0, 0.1) is 0 Å². The van der Waals surface area contributed by atoms with Crippen LogP contribution in [0.1, 0.15) is 10.8 Å². The third kappa shape index (κ3) is 2.77. The number of rotatable bonds is 2. The number of carbonyl (C=O) groups excluding carboxylic acids is 1. The highest BCUT2D eigenvalue weighted by molar-refractivity contribution is 7.81. The van der Waals surface area contributed by atoms with Crippen LogP contribution in [0.25, 0.3) is 0 Å². The van der Waals surface area contributed by atoms with Gasteiger partial charge < -0.3 is 9.84 Å². The monoisotopic (exact) mass is 212 g/mol. The Morgan fingerprint density at radius 1 is 1.29 bits per heavy atom. The fourth-order valence-corrected chi connectivity index (χ4v) is 1.14. The highest BCUT2D eigenvalue weighted by atomic mass is 32.1. The summed E-state index contributed by atoms with van der Waals surface area (Å²) in [6, 6.07) is 8.58. The Kier molecular flexibility index (Phi) is 3.53. The number of carboxylic acid groups (broad SMARTS) is 1. The van der Waals surface area contributed by atoms with Crippen molar-refractivity contribution in [3.63, 3.8) is 0 Å². The molecule has 0 bridgehead atoms. The van der Waals surface area contributed by atoms with Crippen LogP contribution in [-0.4, -0.2) is 17.2 Å². The molecule has 4 nitrogen and oxygen atoms in total. The Hall–Kier alpha value is -1.49. The lowest BCUT2D eigenvalue weighted by atomic mass is 10.1. The molecular weight excluding hydrogens is 204 g/mol. The molecule has 5 heteroatoms. The quantitative estimate of drug-likeness (QED) is 0.446. The van der Waals surface area contributed by atoms with E-state index in [2.05, 4.69) is 17.4 Å². The maximum absolute atomic E-state index is 11.1. The van der Waals surface area contributed by atoms with E-state index in [1.54, 1.807) is 30.3 Å². The lowest BCUT2D eigenvalue weighted by Crippen LogP contribution is -2.14. The normalized spacial score (nSPS) is 11.8. The Bertz CT molecular complexity index is 336. The number of ether oxygens (including phenoxy) is 1. The van der Waals surface area contributed by atoms with Gasteiger partial charge in [-0.3, -0.25) is 0 Å². The number of thiol groups is 1. The van der Waals surface area contributed by atoms with Crippen LogP contribution in [0.4, 0.5) is 4.79 Å². The first-order valence-corrected chi connectivity index (χ1v) is 4.30. The molecule has 1 rings (SSSR count). The number of carbonyl (C=O) groups is 2. The van der Waals surface area contributed by atoms with Crippen molar-refractivity contribution in [3.05, 3.63) is 35.9 Å². The molecule has 0 heterocycles. The van der Waals surface area contributed by atoms with Crippen molar-refractivity contribution >= 4 is 24.8 Å². The van der Waals surface area contributed by atoms with Crippen LogP contribution < -0.4 is 0 Å². The van der Waals surface area contributed by atoms with Crippen molar-refractivity contribution in [3.8, 4) is 0 Å². The molecule has 1 aromatic rings. The second-order valence-corrected chi connectivity index (χ2v) is 3.02. The maximum atomic E-state index is 11.1. The third-order valence-corrected chi connectivity index (χ3v) is 2.04. The van der Waals surface area contributed by atoms with Gasteiger partial charge >= 0.3 is 12.1 Å². The van der Waals surface area contributed by atoms with Gasteiger partial charge in [-0.05, 0) is 5.56 Å². The Balaban J connectivity index is 2.71. The highest BCUT2D eigenvalue weighted by Gasteiger charge is 2.19. The van der Waals surface area contributed by atoms with E-state index in [0.29, 0.717) is 5.56 Å². The molecule has 14 heavy (non-hydrogen) atoms. The van der Waals surface area contributed by atoms with Crippen LogP contribution in [-0.2, 0) is 9.53 Å².